The molecule has 0 radical (unpaired) electrons. The van der Waals surface area contributed by atoms with Gasteiger partial charge < -0.3 is 9.47 Å². The van der Waals surface area contributed by atoms with E-state index in [9.17, 15) is 4.79 Å². The van der Waals surface area contributed by atoms with Crippen LogP contribution in [-0.2, 0) is 13.5 Å². The molecule has 0 aliphatic rings. The highest BCUT2D eigenvalue weighted by Crippen LogP contribution is 2.07. The van der Waals surface area contributed by atoms with Gasteiger partial charge in [0.15, 0.2) is 0 Å². The molecule has 3 nitrogen and oxygen atoms in total. The van der Waals surface area contributed by atoms with Gasteiger partial charge in [-0.2, -0.15) is 0 Å². The molecular formula is C16H20N2O. The summed E-state index contributed by atoms with van der Waals surface area (Å²) in [6.45, 7) is 3.51. The number of hydrogen-bond acceptors (Lipinski definition) is 1. The summed E-state index contributed by atoms with van der Waals surface area (Å²) in [6, 6.07) is 14.0. The fraction of sp³-hybridized carbons (Fsp3) is 0.312. The van der Waals surface area contributed by atoms with E-state index in [2.05, 4.69) is 12.1 Å². The lowest BCUT2D eigenvalue weighted by atomic mass is 10.1. The molecule has 0 atom stereocenters. The first-order valence-electron chi connectivity index (χ1n) is 6.67. The second-order valence-electron chi connectivity index (χ2n) is 4.62. The topological polar surface area (TPSA) is 25.2 Å². The number of carbonyl (C=O) groups is 1. The molecule has 0 bridgehead atoms. The SMILES string of the molecule is CCN(CCc1ccccc1)C(=O)c1cccn1C. The largest absolute Gasteiger partial charge is 0.347 e. The Labute approximate surface area is 114 Å². The maximum absolute atomic E-state index is 12.4. The fourth-order valence-corrected chi connectivity index (χ4v) is 2.16. The predicted molar refractivity (Wildman–Crippen MR) is 77.1 cm³/mol. The van der Waals surface area contributed by atoms with Gasteiger partial charge in [0.25, 0.3) is 5.91 Å². The van der Waals surface area contributed by atoms with Crippen LogP contribution in [0.25, 0.3) is 0 Å². The predicted octanol–water partition coefficient (Wildman–Crippen LogP) is 2.73. The summed E-state index contributed by atoms with van der Waals surface area (Å²) in [5, 5.41) is 0. The van der Waals surface area contributed by atoms with Crippen LogP contribution in [0.2, 0.25) is 0 Å². The molecular weight excluding hydrogens is 236 g/mol. The molecule has 0 spiro atoms. The lowest BCUT2D eigenvalue weighted by Gasteiger charge is -2.21. The van der Waals surface area contributed by atoms with E-state index in [4.69, 9.17) is 0 Å². The number of hydrogen-bond donors (Lipinski definition) is 0. The van der Waals surface area contributed by atoms with Crippen LogP contribution in [0, 0.1) is 0 Å². The van der Waals surface area contributed by atoms with Gasteiger partial charge >= 0.3 is 0 Å². The molecule has 3 heteroatoms. The highest BCUT2D eigenvalue weighted by Gasteiger charge is 2.15. The third-order valence-electron chi connectivity index (χ3n) is 3.35. The Morgan fingerprint density at radius 2 is 1.89 bits per heavy atom. The number of carbonyl (C=O) groups excluding carboxylic acids is 1. The monoisotopic (exact) mass is 256 g/mol. The summed E-state index contributed by atoms with van der Waals surface area (Å²) in [5.74, 6) is 0.103. The Hall–Kier alpha value is -2.03. The van der Waals surface area contributed by atoms with Gasteiger partial charge in [-0.25, -0.2) is 0 Å². The van der Waals surface area contributed by atoms with Crippen LogP contribution in [0.5, 0.6) is 0 Å². The lowest BCUT2D eigenvalue weighted by molar-refractivity contribution is 0.0756. The van der Waals surface area contributed by atoms with Crippen molar-refractivity contribution in [1.82, 2.24) is 9.47 Å². The molecule has 1 aromatic carbocycles. The van der Waals surface area contributed by atoms with Crippen molar-refractivity contribution in [3.63, 3.8) is 0 Å². The molecule has 1 amide bonds. The van der Waals surface area contributed by atoms with Crippen LogP contribution in [0.4, 0.5) is 0 Å². The average molecular weight is 256 g/mol. The standard InChI is InChI=1S/C16H20N2O/c1-3-18(13-11-14-8-5-4-6-9-14)16(19)15-10-7-12-17(15)2/h4-10,12H,3,11,13H2,1-2H3. The zero-order chi connectivity index (χ0) is 13.7. The molecule has 0 aliphatic carbocycles. The second kappa shape index (κ2) is 6.23. The van der Waals surface area contributed by atoms with Gasteiger partial charge in [0, 0.05) is 26.3 Å². The molecule has 1 aromatic heterocycles. The van der Waals surface area contributed by atoms with Crippen molar-refractivity contribution in [1.29, 1.82) is 0 Å². The van der Waals surface area contributed by atoms with Crippen LogP contribution in [-0.4, -0.2) is 28.5 Å². The van der Waals surface area contributed by atoms with Crippen molar-refractivity contribution in [2.45, 2.75) is 13.3 Å². The summed E-state index contributed by atoms with van der Waals surface area (Å²) >= 11 is 0. The minimum Gasteiger partial charge on any atom is -0.347 e. The zero-order valence-corrected chi connectivity index (χ0v) is 11.5. The first kappa shape index (κ1) is 13.4. The number of amides is 1. The Morgan fingerprint density at radius 1 is 1.16 bits per heavy atom. The molecule has 0 saturated heterocycles. The van der Waals surface area contributed by atoms with Crippen molar-refractivity contribution >= 4 is 5.91 Å². The minimum atomic E-state index is 0.103. The number of rotatable bonds is 5. The van der Waals surface area contributed by atoms with E-state index in [0.717, 1.165) is 25.2 Å². The van der Waals surface area contributed by atoms with Crippen molar-refractivity contribution in [2.24, 2.45) is 7.05 Å². The fourth-order valence-electron chi connectivity index (χ4n) is 2.16. The van der Waals surface area contributed by atoms with Crippen molar-refractivity contribution in [2.75, 3.05) is 13.1 Å². The second-order valence-corrected chi connectivity index (χ2v) is 4.62. The minimum absolute atomic E-state index is 0.103. The van der Waals surface area contributed by atoms with Crippen LogP contribution < -0.4 is 0 Å². The Bertz CT molecular complexity index is 531. The molecule has 0 unspecified atom stereocenters. The first-order chi connectivity index (χ1) is 9.22. The van der Waals surface area contributed by atoms with Crippen LogP contribution in [0.1, 0.15) is 23.0 Å². The van der Waals surface area contributed by atoms with Gasteiger partial charge in [-0.15, -0.1) is 0 Å². The van der Waals surface area contributed by atoms with E-state index >= 15 is 0 Å². The molecule has 1 heterocycles. The van der Waals surface area contributed by atoms with Crippen LogP contribution in [0.3, 0.4) is 0 Å². The maximum atomic E-state index is 12.4. The molecule has 19 heavy (non-hydrogen) atoms. The molecule has 0 aliphatic heterocycles. The van der Waals surface area contributed by atoms with Gasteiger partial charge in [-0.3, -0.25) is 4.79 Å². The van der Waals surface area contributed by atoms with E-state index in [-0.39, 0.29) is 5.91 Å². The van der Waals surface area contributed by atoms with Gasteiger partial charge in [-0.1, -0.05) is 30.3 Å². The summed E-state index contributed by atoms with van der Waals surface area (Å²) in [4.78, 5) is 14.3. The van der Waals surface area contributed by atoms with E-state index in [1.807, 2.05) is 60.0 Å². The van der Waals surface area contributed by atoms with Crippen molar-refractivity contribution < 1.29 is 4.79 Å². The van der Waals surface area contributed by atoms with Crippen LogP contribution in [0.15, 0.2) is 48.7 Å². The highest BCUT2D eigenvalue weighted by molar-refractivity contribution is 5.92. The number of benzene rings is 1. The maximum Gasteiger partial charge on any atom is 0.270 e. The van der Waals surface area contributed by atoms with E-state index in [0.29, 0.717) is 0 Å². The van der Waals surface area contributed by atoms with Gasteiger partial charge in [0.1, 0.15) is 5.69 Å². The number of aromatic nitrogens is 1. The Balaban J connectivity index is 2.01. The van der Waals surface area contributed by atoms with Gasteiger partial charge in [0.05, 0.1) is 0 Å². The average Bonchev–Trinajstić information content (AvgIpc) is 2.86. The molecule has 2 rings (SSSR count). The normalized spacial score (nSPS) is 10.4. The Morgan fingerprint density at radius 3 is 2.47 bits per heavy atom. The van der Waals surface area contributed by atoms with Crippen LogP contribution >= 0.6 is 0 Å². The number of nitrogens with zero attached hydrogens (tertiary/aromatic N) is 2. The summed E-state index contributed by atoms with van der Waals surface area (Å²) in [6.07, 6.45) is 2.79. The Kier molecular flexibility index (Phi) is 4.39. The smallest absolute Gasteiger partial charge is 0.270 e. The number of aryl methyl sites for hydroxylation is 1. The summed E-state index contributed by atoms with van der Waals surface area (Å²) in [5.41, 5.74) is 2.01. The lowest BCUT2D eigenvalue weighted by Crippen LogP contribution is -2.33. The quantitative estimate of drug-likeness (QED) is 0.807. The highest BCUT2D eigenvalue weighted by atomic mass is 16.2. The molecule has 0 saturated carbocycles. The van der Waals surface area contributed by atoms with Gasteiger partial charge in [-0.05, 0) is 31.0 Å². The molecule has 2 aromatic rings. The third kappa shape index (κ3) is 3.25. The molecule has 0 N–H and O–H groups in total. The van der Waals surface area contributed by atoms with Crippen molar-refractivity contribution in [3.8, 4) is 0 Å². The van der Waals surface area contributed by atoms with E-state index in [1.165, 1.54) is 5.56 Å². The number of likely N-dealkylation sites (N-methyl/N-ethyl adjacent to an activating group) is 1. The summed E-state index contributed by atoms with van der Waals surface area (Å²) < 4.78 is 1.87. The third-order valence-corrected chi connectivity index (χ3v) is 3.35. The molecule has 100 valence electrons. The molecule has 0 fully saturated rings. The van der Waals surface area contributed by atoms with Crippen molar-refractivity contribution in [3.05, 3.63) is 59.9 Å². The summed E-state index contributed by atoms with van der Waals surface area (Å²) in [7, 11) is 1.90. The van der Waals surface area contributed by atoms with E-state index in [1.54, 1.807) is 0 Å². The first-order valence-corrected chi connectivity index (χ1v) is 6.67. The van der Waals surface area contributed by atoms with Gasteiger partial charge in [0.2, 0.25) is 0 Å². The zero-order valence-electron chi connectivity index (χ0n) is 11.5. The van der Waals surface area contributed by atoms with E-state index < -0.39 is 0 Å².